The Hall–Kier alpha value is -0.330. The Balaban J connectivity index is 2.09. The average Bonchev–Trinajstić information content (AvgIpc) is 2.40. The average molecular weight is 337 g/mol. The summed E-state index contributed by atoms with van der Waals surface area (Å²) in [5.41, 5.74) is 0. The third-order valence-electron chi connectivity index (χ3n) is 3.51. The minimum atomic E-state index is -3.41. The van der Waals surface area contributed by atoms with Crippen LogP contribution in [0.4, 0.5) is 0 Å². The molecule has 0 spiro atoms. The zero-order valence-corrected chi connectivity index (χ0v) is 13.6. The van der Waals surface area contributed by atoms with Crippen LogP contribution in [0, 0.1) is 0 Å². The van der Waals surface area contributed by atoms with Crippen LogP contribution in [0.25, 0.3) is 0 Å². The Kier molecular flexibility index (Phi) is 5.31. The molecule has 1 fully saturated rings. The molecule has 0 radical (unpaired) electrons. The SMILES string of the molecule is C[C@@H]1CNCCN1CCS(=O)(=O)c1cc(Cl)ccc1Cl. The number of hydrogen-bond donors (Lipinski definition) is 1. The molecule has 112 valence electrons. The molecule has 20 heavy (non-hydrogen) atoms. The molecule has 1 aromatic carbocycles. The molecule has 1 saturated heterocycles. The number of benzene rings is 1. The van der Waals surface area contributed by atoms with Crippen molar-refractivity contribution in [1.82, 2.24) is 10.2 Å². The van der Waals surface area contributed by atoms with Crippen molar-refractivity contribution in [2.75, 3.05) is 31.9 Å². The van der Waals surface area contributed by atoms with Gasteiger partial charge in [-0.2, -0.15) is 0 Å². The highest BCUT2D eigenvalue weighted by Gasteiger charge is 2.23. The van der Waals surface area contributed by atoms with Gasteiger partial charge in [0.1, 0.15) is 0 Å². The fourth-order valence-electron chi connectivity index (χ4n) is 2.28. The summed E-state index contributed by atoms with van der Waals surface area (Å²) in [6.45, 7) is 5.24. The van der Waals surface area contributed by atoms with E-state index < -0.39 is 9.84 Å². The van der Waals surface area contributed by atoms with Crippen LogP contribution in [0.1, 0.15) is 6.92 Å². The largest absolute Gasteiger partial charge is 0.314 e. The molecule has 1 heterocycles. The molecule has 1 aliphatic rings. The van der Waals surface area contributed by atoms with Crippen LogP contribution in [0.15, 0.2) is 23.1 Å². The molecule has 2 rings (SSSR count). The fraction of sp³-hybridized carbons (Fsp3) is 0.538. The second-order valence-electron chi connectivity index (χ2n) is 4.98. The van der Waals surface area contributed by atoms with Gasteiger partial charge in [-0.25, -0.2) is 8.42 Å². The summed E-state index contributed by atoms with van der Waals surface area (Å²) in [4.78, 5) is 2.29. The molecule has 1 aromatic rings. The summed E-state index contributed by atoms with van der Waals surface area (Å²) in [5, 5.41) is 3.88. The van der Waals surface area contributed by atoms with E-state index in [9.17, 15) is 8.42 Å². The lowest BCUT2D eigenvalue weighted by Crippen LogP contribution is -2.50. The lowest BCUT2D eigenvalue weighted by molar-refractivity contribution is 0.184. The van der Waals surface area contributed by atoms with E-state index in [0.29, 0.717) is 17.6 Å². The number of halogens is 2. The Bertz CT molecular complexity index is 578. The van der Waals surface area contributed by atoms with Crippen LogP contribution in [0.5, 0.6) is 0 Å². The van der Waals surface area contributed by atoms with E-state index in [0.717, 1.165) is 19.6 Å². The number of piperazine rings is 1. The summed E-state index contributed by atoms with van der Waals surface area (Å²) in [5.74, 6) is 0.0530. The smallest absolute Gasteiger partial charge is 0.181 e. The summed E-state index contributed by atoms with van der Waals surface area (Å²) >= 11 is 11.8. The van der Waals surface area contributed by atoms with Crippen LogP contribution >= 0.6 is 23.2 Å². The molecule has 7 heteroatoms. The molecular formula is C13H18Cl2N2O2S. The van der Waals surface area contributed by atoms with Crippen molar-refractivity contribution in [2.24, 2.45) is 0 Å². The first-order valence-electron chi connectivity index (χ1n) is 6.53. The Labute approximate surface area is 130 Å². The van der Waals surface area contributed by atoms with Crippen LogP contribution < -0.4 is 5.32 Å². The van der Waals surface area contributed by atoms with Gasteiger partial charge in [-0.3, -0.25) is 4.90 Å². The molecule has 0 amide bonds. The van der Waals surface area contributed by atoms with E-state index >= 15 is 0 Å². The molecule has 1 aliphatic heterocycles. The van der Waals surface area contributed by atoms with Gasteiger partial charge in [0.2, 0.25) is 0 Å². The van der Waals surface area contributed by atoms with E-state index in [1.54, 1.807) is 6.07 Å². The topological polar surface area (TPSA) is 49.4 Å². The summed E-state index contributed by atoms with van der Waals surface area (Å²) in [7, 11) is -3.41. The second-order valence-corrected chi connectivity index (χ2v) is 7.90. The molecule has 0 aromatic heterocycles. The third-order valence-corrected chi connectivity index (χ3v) is 5.92. The highest BCUT2D eigenvalue weighted by atomic mass is 35.5. The van der Waals surface area contributed by atoms with Gasteiger partial charge in [-0.15, -0.1) is 0 Å². The molecule has 4 nitrogen and oxygen atoms in total. The lowest BCUT2D eigenvalue weighted by atomic mass is 10.2. The summed E-state index contributed by atoms with van der Waals surface area (Å²) in [6, 6.07) is 4.86. The van der Waals surface area contributed by atoms with Gasteiger partial charge in [0, 0.05) is 37.2 Å². The van der Waals surface area contributed by atoms with Gasteiger partial charge < -0.3 is 5.32 Å². The molecule has 1 atom stereocenters. The van der Waals surface area contributed by atoms with E-state index in [4.69, 9.17) is 23.2 Å². The van der Waals surface area contributed by atoms with Crippen molar-refractivity contribution in [1.29, 1.82) is 0 Å². The van der Waals surface area contributed by atoms with Crippen molar-refractivity contribution in [2.45, 2.75) is 17.9 Å². The number of nitrogens with zero attached hydrogens (tertiary/aromatic N) is 1. The molecule has 0 aliphatic carbocycles. The van der Waals surface area contributed by atoms with E-state index in [-0.39, 0.29) is 15.7 Å². The first-order chi connectivity index (χ1) is 9.40. The van der Waals surface area contributed by atoms with Gasteiger partial charge in [-0.05, 0) is 25.1 Å². The fourth-order valence-corrected chi connectivity index (χ4v) is 4.35. The summed E-state index contributed by atoms with van der Waals surface area (Å²) < 4.78 is 24.7. The van der Waals surface area contributed by atoms with Crippen molar-refractivity contribution in [3.63, 3.8) is 0 Å². The Morgan fingerprint density at radius 2 is 2.15 bits per heavy atom. The normalized spacial score (nSPS) is 21.1. The molecule has 1 N–H and O–H groups in total. The van der Waals surface area contributed by atoms with Crippen LogP contribution in [0.2, 0.25) is 10.0 Å². The second kappa shape index (κ2) is 6.62. The van der Waals surface area contributed by atoms with Crippen molar-refractivity contribution in [3.05, 3.63) is 28.2 Å². The van der Waals surface area contributed by atoms with E-state index in [1.165, 1.54) is 12.1 Å². The van der Waals surface area contributed by atoms with Crippen molar-refractivity contribution < 1.29 is 8.42 Å². The minimum Gasteiger partial charge on any atom is -0.314 e. The number of rotatable bonds is 4. The first-order valence-corrected chi connectivity index (χ1v) is 8.93. The number of nitrogens with one attached hydrogen (secondary N) is 1. The number of sulfone groups is 1. The zero-order chi connectivity index (χ0) is 14.8. The minimum absolute atomic E-state index is 0.0530. The predicted octanol–water partition coefficient (Wildman–Crippen LogP) is 2.06. The zero-order valence-electron chi connectivity index (χ0n) is 11.3. The maximum atomic E-state index is 12.4. The van der Waals surface area contributed by atoms with E-state index in [2.05, 4.69) is 17.1 Å². The van der Waals surface area contributed by atoms with Gasteiger partial charge in [0.25, 0.3) is 0 Å². The quantitative estimate of drug-likeness (QED) is 0.914. The summed E-state index contributed by atoms with van der Waals surface area (Å²) in [6.07, 6.45) is 0. The first kappa shape index (κ1) is 16.0. The van der Waals surface area contributed by atoms with Gasteiger partial charge >= 0.3 is 0 Å². The highest BCUT2D eigenvalue weighted by Crippen LogP contribution is 2.26. The van der Waals surface area contributed by atoms with Crippen molar-refractivity contribution >= 4 is 33.0 Å². The standard InChI is InChI=1S/C13H18Cl2N2O2S/c1-10-9-16-4-5-17(10)6-7-20(18,19)13-8-11(14)2-3-12(13)15/h2-3,8,10,16H,4-7,9H2,1H3/t10-/m1/s1. The monoisotopic (exact) mass is 336 g/mol. The molecule has 0 bridgehead atoms. The van der Waals surface area contributed by atoms with Crippen molar-refractivity contribution in [3.8, 4) is 0 Å². The molecular weight excluding hydrogens is 319 g/mol. The Morgan fingerprint density at radius 3 is 2.85 bits per heavy atom. The van der Waals surface area contributed by atoms with Crippen LogP contribution in [0.3, 0.4) is 0 Å². The van der Waals surface area contributed by atoms with Crippen LogP contribution in [-0.2, 0) is 9.84 Å². The molecule has 0 saturated carbocycles. The maximum absolute atomic E-state index is 12.4. The third kappa shape index (κ3) is 3.86. The van der Waals surface area contributed by atoms with E-state index in [1.807, 2.05) is 0 Å². The highest BCUT2D eigenvalue weighted by molar-refractivity contribution is 7.91. The maximum Gasteiger partial charge on any atom is 0.181 e. The van der Waals surface area contributed by atoms with Gasteiger partial charge in [-0.1, -0.05) is 23.2 Å². The number of hydrogen-bond acceptors (Lipinski definition) is 4. The lowest BCUT2D eigenvalue weighted by Gasteiger charge is -2.33. The van der Waals surface area contributed by atoms with Gasteiger partial charge in [0.05, 0.1) is 15.7 Å². The van der Waals surface area contributed by atoms with Crippen LogP contribution in [-0.4, -0.2) is 51.3 Å². The Morgan fingerprint density at radius 1 is 1.40 bits per heavy atom. The van der Waals surface area contributed by atoms with Gasteiger partial charge in [0.15, 0.2) is 9.84 Å². The predicted molar refractivity (Wildman–Crippen MR) is 82.4 cm³/mol. The molecule has 0 unspecified atom stereocenters.